The lowest BCUT2D eigenvalue weighted by Gasteiger charge is -2.18. The lowest BCUT2D eigenvalue weighted by molar-refractivity contribution is 0.441. The Morgan fingerprint density at radius 2 is 1.06 bits per heavy atom. The molecule has 0 aliphatic heterocycles. The maximum atomic E-state index is 10.2. The Hall–Kier alpha value is -2.36. The van der Waals surface area contributed by atoms with E-state index in [-0.39, 0.29) is 33.8 Å². The van der Waals surface area contributed by atoms with Crippen molar-refractivity contribution in [1.29, 1.82) is 0 Å². The SMILES string of the molecule is Oc1ccc(O)c2c(O)c3c(c(O)c12)CC=CC3. The Morgan fingerprint density at radius 3 is 1.44 bits per heavy atom. The normalized spacial score (nSPS) is 13.8. The van der Waals surface area contributed by atoms with Crippen LogP contribution in [0.1, 0.15) is 11.1 Å². The molecule has 4 N–H and O–H groups in total. The van der Waals surface area contributed by atoms with E-state index in [1.54, 1.807) is 0 Å². The third kappa shape index (κ3) is 1.26. The molecule has 0 radical (unpaired) electrons. The van der Waals surface area contributed by atoms with Crippen molar-refractivity contribution >= 4 is 10.8 Å². The Morgan fingerprint density at radius 1 is 0.667 bits per heavy atom. The Labute approximate surface area is 103 Å². The van der Waals surface area contributed by atoms with Crippen molar-refractivity contribution in [1.82, 2.24) is 0 Å². The summed E-state index contributed by atoms with van der Waals surface area (Å²) in [6, 6.07) is 2.59. The van der Waals surface area contributed by atoms with Gasteiger partial charge in [0.15, 0.2) is 0 Å². The maximum Gasteiger partial charge on any atom is 0.131 e. The van der Waals surface area contributed by atoms with Crippen LogP contribution in [0.3, 0.4) is 0 Å². The van der Waals surface area contributed by atoms with Crippen LogP contribution in [-0.4, -0.2) is 20.4 Å². The van der Waals surface area contributed by atoms with E-state index in [0.717, 1.165) is 0 Å². The largest absolute Gasteiger partial charge is 0.507 e. The lowest BCUT2D eigenvalue weighted by Crippen LogP contribution is -1.99. The van der Waals surface area contributed by atoms with Gasteiger partial charge in [0.25, 0.3) is 0 Å². The Kier molecular flexibility index (Phi) is 2.13. The zero-order valence-electron chi connectivity index (χ0n) is 9.51. The number of benzene rings is 2. The van der Waals surface area contributed by atoms with E-state index in [0.29, 0.717) is 24.0 Å². The quantitative estimate of drug-likeness (QED) is 0.423. The van der Waals surface area contributed by atoms with Crippen molar-refractivity contribution in [3.8, 4) is 23.0 Å². The fourth-order valence-corrected chi connectivity index (χ4v) is 2.49. The highest BCUT2D eigenvalue weighted by molar-refractivity contribution is 6.03. The average Bonchev–Trinajstić information content (AvgIpc) is 2.38. The molecule has 0 aromatic heterocycles. The molecule has 1 aliphatic rings. The third-order valence-corrected chi connectivity index (χ3v) is 3.38. The molecule has 0 atom stereocenters. The van der Waals surface area contributed by atoms with Gasteiger partial charge in [-0.25, -0.2) is 0 Å². The second kappa shape index (κ2) is 3.57. The standard InChI is InChI=1S/C14H12O4/c15-9-5-6-10(16)12-11(9)13(17)7-3-1-2-4-8(7)14(12)18/h1-2,5-6,15-18H,3-4H2. The number of allylic oxidation sites excluding steroid dienone is 2. The molecule has 0 amide bonds. The predicted molar refractivity (Wildman–Crippen MR) is 67.2 cm³/mol. The Balaban J connectivity index is 2.54. The van der Waals surface area contributed by atoms with Gasteiger partial charge in [-0.05, 0) is 25.0 Å². The molecule has 4 heteroatoms. The summed E-state index contributed by atoms with van der Waals surface area (Å²) in [6.45, 7) is 0. The molecule has 0 heterocycles. The predicted octanol–water partition coefficient (Wildman–Crippen LogP) is 2.32. The summed E-state index contributed by atoms with van der Waals surface area (Å²) in [4.78, 5) is 0. The molecule has 2 aromatic carbocycles. The van der Waals surface area contributed by atoms with E-state index in [1.807, 2.05) is 12.2 Å². The summed E-state index contributed by atoms with van der Waals surface area (Å²) >= 11 is 0. The summed E-state index contributed by atoms with van der Waals surface area (Å²) in [7, 11) is 0. The van der Waals surface area contributed by atoms with Gasteiger partial charge in [-0.3, -0.25) is 0 Å². The fraction of sp³-hybridized carbons (Fsp3) is 0.143. The van der Waals surface area contributed by atoms with E-state index in [4.69, 9.17) is 0 Å². The minimum atomic E-state index is -0.159. The zero-order valence-corrected chi connectivity index (χ0v) is 9.51. The first-order valence-electron chi connectivity index (χ1n) is 5.66. The molecule has 0 unspecified atom stereocenters. The van der Waals surface area contributed by atoms with E-state index in [1.165, 1.54) is 12.1 Å². The van der Waals surface area contributed by atoms with Crippen LogP contribution in [0.5, 0.6) is 23.0 Å². The summed E-state index contributed by atoms with van der Waals surface area (Å²) in [5.41, 5.74) is 1.20. The van der Waals surface area contributed by atoms with Gasteiger partial charge in [0, 0.05) is 11.1 Å². The van der Waals surface area contributed by atoms with Gasteiger partial charge < -0.3 is 20.4 Å². The van der Waals surface area contributed by atoms with Crippen LogP contribution < -0.4 is 0 Å². The second-order valence-electron chi connectivity index (χ2n) is 4.39. The van der Waals surface area contributed by atoms with Crippen molar-refractivity contribution in [3.63, 3.8) is 0 Å². The van der Waals surface area contributed by atoms with Gasteiger partial charge in [-0.15, -0.1) is 0 Å². The minimum absolute atomic E-state index is 0.0736. The van der Waals surface area contributed by atoms with Gasteiger partial charge in [0.1, 0.15) is 23.0 Å². The first-order chi connectivity index (χ1) is 8.61. The third-order valence-electron chi connectivity index (χ3n) is 3.38. The summed E-state index contributed by atoms with van der Waals surface area (Å²) in [5.74, 6) is -0.466. The van der Waals surface area contributed by atoms with Crippen LogP contribution in [0.4, 0.5) is 0 Å². The fourth-order valence-electron chi connectivity index (χ4n) is 2.49. The molecule has 0 fully saturated rings. The number of phenolic OH excluding ortho intramolecular Hbond substituents is 4. The number of rotatable bonds is 0. The smallest absolute Gasteiger partial charge is 0.131 e. The second-order valence-corrected chi connectivity index (χ2v) is 4.39. The molecular weight excluding hydrogens is 232 g/mol. The van der Waals surface area contributed by atoms with Crippen molar-refractivity contribution < 1.29 is 20.4 Å². The lowest BCUT2D eigenvalue weighted by atomic mass is 9.90. The number of aromatic hydroxyl groups is 4. The zero-order chi connectivity index (χ0) is 12.9. The van der Waals surface area contributed by atoms with E-state index >= 15 is 0 Å². The molecule has 3 rings (SSSR count). The minimum Gasteiger partial charge on any atom is -0.507 e. The first kappa shape index (κ1) is 10.8. The van der Waals surface area contributed by atoms with Gasteiger partial charge in [0.2, 0.25) is 0 Å². The van der Waals surface area contributed by atoms with Gasteiger partial charge in [0.05, 0.1) is 10.8 Å². The van der Waals surface area contributed by atoms with Crippen LogP contribution in [0.15, 0.2) is 24.3 Å². The first-order valence-corrected chi connectivity index (χ1v) is 5.66. The van der Waals surface area contributed by atoms with Crippen LogP contribution in [0.2, 0.25) is 0 Å². The van der Waals surface area contributed by atoms with Gasteiger partial charge in [-0.2, -0.15) is 0 Å². The van der Waals surface area contributed by atoms with Crippen LogP contribution >= 0.6 is 0 Å². The monoisotopic (exact) mass is 244 g/mol. The molecule has 0 saturated carbocycles. The molecule has 18 heavy (non-hydrogen) atoms. The summed E-state index contributed by atoms with van der Waals surface area (Å²) < 4.78 is 0. The van der Waals surface area contributed by atoms with Crippen molar-refractivity contribution in [2.75, 3.05) is 0 Å². The molecule has 0 bridgehead atoms. The van der Waals surface area contributed by atoms with E-state index in [9.17, 15) is 20.4 Å². The van der Waals surface area contributed by atoms with Gasteiger partial charge in [-0.1, -0.05) is 12.2 Å². The number of hydrogen-bond donors (Lipinski definition) is 4. The van der Waals surface area contributed by atoms with Crippen LogP contribution in [0, 0.1) is 0 Å². The van der Waals surface area contributed by atoms with Gasteiger partial charge >= 0.3 is 0 Å². The highest BCUT2D eigenvalue weighted by Crippen LogP contribution is 2.48. The highest BCUT2D eigenvalue weighted by Gasteiger charge is 2.23. The molecule has 0 saturated heterocycles. The summed E-state index contributed by atoms with van der Waals surface area (Å²) in [6.07, 6.45) is 4.79. The molecule has 1 aliphatic carbocycles. The van der Waals surface area contributed by atoms with Crippen molar-refractivity contribution in [2.24, 2.45) is 0 Å². The topological polar surface area (TPSA) is 80.9 Å². The highest BCUT2D eigenvalue weighted by atomic mass is 16.3. The number of hydrogen-bond acceptors (Lipinski definition) is 4. The van der Waals surface area contributed by atoms with E-state index < -0.39 is 0 Å². The van der Waals surface area contributed by atoms with Crippen molar-refractivity contribution in [2.45, 2.75) is 12.8 Å². The van der Waals surface area contributed by atoms with Crippen LogP contribution in [0.25, 0.3) is 10.8 Å². The summed E-state index contributed by atoms with van der Waals surface area (Å²) in [5, 5.41) is 40.2. The molecule has 0 spiro atoms. The van der Waals surface area contributed by atoms with Crippen molar-refractivity contribution in [3.05, 3.63) is 35.4 Å². The molecular formula is C14H12O4. The molecule has 2 aromatic rings. The average molecular weight is 244 g/mol. The van der Waals surface area contributed by atoms with Crippen LogP contribution in [-0.2, 0) is 12.8 Å². The molecule has 92 valence electrons. The molecule has 4 nitrogen and oxygen atoms in total. The maximum absolute atomic E-state index is 10.2. The Bertz CT molecular complexity index is 628. The number of phenols is 4. The number of fused-ring (bicyclic) bond motifs is 2. The van der Waals surface area contributed by atoms with E-state index in [2.05, 4.69) is 0 Å².